The molecule has 26 heavy (non-hydrogen) atoms. The topological polar surface area (TPSA) is 72.7 Å². The maximum absolute atomic E-state index is 12.2. The zero-order valence-electron chi connectivity index (χ0n) is 14.0. The van der Waals surface area contributed by atoms with Gasteiger partial charge < -0.3 is 5.32 Å². The molecule has 6 nitrogen and oxygen atoms in total. The van der Waals surface area contributed by atoms with Crippen molar-refractivity contribution in [1.82, 2.24) is 20.2 Å². The second-order valence-corrected chi connectivity index (χ2v) is 7.36. The first-order valence-electron chi connectivity index (χ1n) is 7.68. The van der Waals surface area contributed by atoms with E-state index in [2.05, 4.69) is 20.8 Å². The molecule has 3 rings (SSSR count). The molecule has 0 radical (unpaired) electrons. The molecule has 0 spiro atoms. The number of carbonyl (C=O) groups is 1. The minimum atomic E-state index is -0.227. The molecule has 0 unspecified atom stereocenters. The number of para-hydroxylation sites is 1. The molecule has 0 aliphatic heterocycles. The van der Waals surface area contributed by atoms with Gasteiger partial charge >= 0.3 is 0 Å². The fourth-order valence-electron chi connectivity index (χ4n) is 2.46. The lowest BCUT2D eigenvalue weighted by molar-refractivity contribution is -0.113. The van der Waals surface area contributed by atoms with Crippen LogP contribution in [0.5, 0.6) is 0 Å². The van der Waals surface area contributed by atoms with Crippen LogP contribution in [0.2, 0.25) is 10.0 Å². The van der Waals surface area contributed by atoms with Crippen molar-refractivity contribution in [3.05, 3.63) is 57.6 Å². The summed E-state index contributed by atoms with van der Waals surface area (Å²) in [5.74, 6) is -0.0936. The molecule has 0 aliphatic rings. The Labute approximate surface area is 164 Å². The number of nitrogens with one attached hydrogen (secondary N) is 1. The van der Waals surface area contributed by atoms with Crippen molar-refractivity contribution >= 4 is 46.6 Å². The normalized spacial score (nSPS) is 10.8. The lowest BCUT2D eigenvalue weighted by Crippen LogP contribution is -2.15. The molecule has 1 heterocycles. The van der Waals surface area contributed by atoms with Gasteiger partial charge in [0.25, 0.3) is 0 Å². The molecular weight excluding hydrogens is 393 g/mol. The average molecular weight is 408 g/mol. The molecule has 0 atom stereocenters. The van der Waals surface area contributed by atoms with E-state index in [9.17, 15) is 4.79 Å². The Morgan fingerprint density at radius 2 is 1.92 bits per heavy atom. The predicted molar refractivity (Wildman–Crippen MR) is 104 cm³/mol. The molecule has 2 aromatic carbocycles. The maximum Gasteiger partial charge on any atom is 0.234 e. The first-order chi connectivity index (χ1) is 12.5. The summed E-state index contributed by atoms with van der Waals surface area (Å²) in [5.41, 5.74) is 3.49. The summed E-state index contributed by atoms with van der Waals surface area (Å²) < 4.78 is 1.65. The number of hydrogen-bond donors (Lipinski definition) is 1. The summed E-state index contributed by atoms with van der Waals surface area (Å²) in [4.78, 5) is 12.2. The zero-order chi connectivity index (χ0) is 18.7. The SMILES string of the molecule is Cc1cccc(C)c1-n1nnnc1SCC(=O)Nc1cc(Cl)ccc1Cl. The van der Waals surface area contributed by atoms with Crippen LogP contribution < -0.4 is 5.32 Å². The molecule has 0 aliphatic carbocycles. The molecule has 0 saturated carbocycles. The summed E-state index contributed by atoms with van der Waals surface area (Å²) >= 11 is 13.2. The van der Waals surface area contributed by atoms with Crippen molar-refractivity contribution in [2.24, 2.45) is 0 Å². The molecule has 0 saturated heterocycles. The number of nitrogens with zero attached hydrogens (tertiary/aromatic N) is 4. The van der Waals surface area contributed by atoms with Crippen molar-refractivity contribution in [3.63, 3.8) is 0 Å². The highest BCUT2D eigenvalue weighted by Crippen LogP contribution is 2.27. The number of amides is 1. The van der Waals surface area contributed by atoms with Gasteiger partial charge in [0.1, 0.15) is 0 Å². The van der Waals surface area contributed by atoms with Crippen LogP contribution in [0, 0.1) is 13.8 Å². The highest BCUT2D eigenvalue weighted by molar-refractivity contribution is 7.99. The molecule has 0 bridgehead atoms. The lowest BCUT2D eigenvalue weighted by atomic mass is 10.1. The number of aryl methyl sites for hydroxylation is 2. The average Bonchev–Trinajstić information content (AvgIpc) is 3.04. The number of rotatable bonds is 5. The van der Waals surface area contributed by atoms with Crippen LogP contribution in [0.3, 0.4) is 0 Å². The number of anilines is 1. The van der Waals surface area contributed by atoms with Crippen LogP contribution in [-0.4, -0.2) is 31.9 Å². The first kappa shape index (κ1) is 18.7. The number of carbonyl (C=O) groups excluding carboxylic acids is 1. The molecular formula is C17H15Cl2N5OS. The molecule has 3 aromatic rings. The predicted octanol–water partition coefficient (Wildman–Crippen LogP) is 4.32. The Kier molecular flexibility index (Phi) is 5.80. The van der Waals surface area contributed by atoms with Crippen LogP contribution in [0.25, 0.3) is 5.69 Å². The van der Waals surface area contributed by atoms with Gasteiger partial charge in [0.15, 0.2) is 0 Å². The molecule has 134 valence electrons. The summed E-state index contributed by atoms with van der Waals surface area (Å²) in [6.07, 6.45) is 0. The van der Waals surface area contributed by atoms with E-state index in [1.54, 1.807) is 22.9 Å². The van der Waals surface area contributed by atoms with Crippen molar-refractivity contribution in [3.8, 4) is 5.69 Å². The van der Waals surface area contributed by atoms with Gasteiger partial charge in [-0.2, -0.15) is 4.68 Å². The highest BCUT2D eigenvalue weighted by Gasteiger charge is 2.15. The van der Waals surface area contributed by atoms with E-state index < -0.39 is 0 Å². The van der Waals surface area contributed by atoms with E-state index in [4.69, 9.17) is 23.2 Å². The number of hydrogen-bond acceptors (Lipinski definition) is 5. The molecule has 1 aromatic heterocycles. The van der Waals surface area contributed by atoms with Gasteiger partial charge in [-0.3, -0.25) is 4.79 Å². The van der Waals surface area contributed by atoms with Gasteiger partial charge in [0, 0.05) is 5.02 Å². The van der Waals surface area contributed by atoms with Crippen molar-refractivity contribution < 1.29 is 4.79 Å². The Hall–Kier alpha value is -2.09. The Balaban J connectivity index is 1.72. The monoisotopic (exact) mass is 407 g/mol. The number of thioether (sulfide) groups is 1. The van der Waals surface area contributed by atoms with E-state index in [0.717, 1.165) is 16.8 Å². The second kappa shape index (κ2) is 8.07. The van der Waals surface area contributed by atoms with Crippen LogP contribution in [-0.2, 0) is 4.79 Å². The van der Waals surface area contributed by atoms with E-state index in [0.29, 0.717) is 20.9 Å². The molecule has 1 amide bonds. The van der Waals surface area contributed by atoms with Gasteiger partial charge in [-0.1, -0.05) is 53.2 Å². The fourth-order valence-corrected chi connectivity index (χ4v) is 3.47. The number of aromatic nitrogens is 4. The van der Waals surface area contributed by atoms with E-state index in [1.807, 2.05) is 32.0 Å². The summed E-state index contributed by atoms with van der Waals surface area (Å²) in [5, 5.41) is 16.0. The van der Waals surface area contributed by atoms with Crippen LogP contribution in [0.4, 0.5) is 5.69 Å². The van der Waals surface area contributed by atoms with Crippen molar-refractivity contribution in [1.29, 1.82) is 0 Å². The summed E-state index contributed by atoms with van der Waals surface area (Å²) in [7, 11) is 0. The summed E-state index contributed by atoms with van der Waals surface area (Å²) in [6.45, 7) is 3.98. The van der Waals surface area contributed by atoms with Gasteiger partial charge in [-0.15, -0.1) is 5.10 Å². The Morgan fingerprint density at radius 1 is 1.19 bits per heavy atom. The third kappa shape index (κ3) is 4.17. The number of halogens is 2. The van der Waals surface area contributed by atoms with Crippen LogP contribution in [0.1, 0.15) is 11.1 Å². The van der Waals surface area contributed by atoms with E-state index in [1.165, 1.54) is 11.8 Å². The Bertz CT molecular complexity index is 940. The zero-order valence-corrected chi connectivity index (χ0v) is 16.4. The number of tetrazole rings is 1. The smallest absolute Gasteiger partial charge is 0.234 e. The third-order valence-electron chi connectivity index (χ3n) is 3.63. The highest BCUT2D eigenvalue weighted by atomic mass is 35.5. The largest absolute Gasteiger partial charge is 0.324 e. The van der Waals surface area contributed by atoms with E-state index in [-0.39, 0.29) is 11.7 Å². The van der Waals surface area contributed by atoms with Crippen molar-refractivity contribution in [2.45, 2.75) is 19.0 Å². The van der Waals surface area contributed by atoms with Crippen LogP contribution in [0.15, 0.2) is 41.6 Å². The number of benzene rings is 2. The Morgan fingerprint density at radius 3 is 2.65 bits per heavy atom. The van der Waals surface area contributed by atoms with Gasteiger partial charge in [0.05, 0.1) is 22.2 Å². The molecule has 1 N–H and O–H groups in total. The van der Waals surface area contributed by atoms with Crippen LogP contribution >= 0.6 is 35.0 Å². The minimum absolute atomic E-state index is 0.133. The second-order valence-electron chi connectivity index (χ2n) is 5.57. The van der Waals surface area contributed by atoms with E-state index >= 15 is 0 Å². The van der Waals surface area contributed by atoms with Crippen molar-refractivity contribution in [2.75, 3.05) is 11.1 Å². The fraction of sp³-hybridized carbons (Fsp3) is 0.176. The standard InChI is InChI=1S/C17H15Cl2N5OS/c1-10-4-3-5-11(2)16(10)24-17(21-22-23-24)26-9-15(25)20-14-8-12(18)6-7-13(14)19/h3-8H,9H2,1-2H3,(H,20,25). The lowest BCUT2D eigenvalue weighted by Gasteiger charge is -2.11. The van der Waals surface area contributed by atoms with Gasteiger partial charge in [-0.05, 0) is 53.6 Å². The van der Waals surface area contributed by atoms with Gasteiger partial charge in [0.2, 0.25) is 11.1 Å². The van der Waals surface area contributed by atoms with Gasteiger partial charge in [-0.25, -0.2) is 0 Å². The third-order valence-corrected chi connectivity index (χ3v) is 5.11. The first-order valence-corrected chi connectivity index (χ1v) is 9.42. The summed E-state index contributed by atoms with van der Waals surface area (Å²) in [6, 6.07) is 10.9. The minimum Gasteiger partial charge on any atom is -0.324 e. The molecule has 9 heteroatoms. The quantitative estimate of drug-likeness (QED) is 0.637. The molecule has 0 fully saturated rings. The maximum atomic E-state index is 12.2.